The molecule has 1 N–H and O–H groups in total. The highest BCUT2D eigenvalue weighted by Gasteiger charge is 2.38. The third-order valence-electron chi connectivity index (χ3n) is 5.98. The van der Waals surface area contributed by atoms with Crippen LogP contribution in [0.1, 0.15) is 29.5 Å². The first kappa shape index (κ1) is 23.6. The van der Waals surface area contributed by atoms with E-state index in [9.17, 15) is 9.59 Å². The molecule has 0 unspecified atom stereocenters. The Bertz CT molecular complexity index is 962. The van der Waals surface area contributed by atoms with E-state index in [0.717, 1.165) is 29.8 Å². The van der Waals surface area contributed by atoms with Crippen LogP contribution in [0.2, 0.25) is 0 Å². The molecule has 1 fully saturated rings. The van der Waals surface area contributed by atoms with Gasteiger partial charge in [-0.3, -0.25) is 9.59 Å². The van der Waals surface area contributed by atoms with Gasteiger partial charge < -0.3 is 24.6 Å². The van der Waals surface area contributed by atoms with Crippen molar-refractivity contribution in [2.75, 3.05) is 41.4 Å². The predicted molar refractivity (Wildman–Crippen MR) is 124 cm³/mol. The normalized spacial score (nSPS) is 18.3. The van der Waals surface area contributed by atoms with E-state index in [4.69, 9.17) is 9.47 Å². The number of nitrogens with zero attached hydrogens (tertiary/aromatic N) is 2. The molecule has 1 aliphatic heterocycles. The number of carbonyl (C=O) groups is 2. The molecule has 0 aliphatic carbocycles. The number of methoxy groups -OCH3 is 2. The van der Waals surface area contributed by atoms with E-state index in [1.165, 1.54) is 6.92 Å². The molecule has 0 aromatic heterocycles. The zero-order valence-electron chi connectivity index (χ0n) is 19.6. The van der Waals surface area contributed by atoms with Crippen LogP contribution in [0.25, 0.3) is 0 Å². The van der Waals surface area contributed by atoms with Gasteiger partial charge in [-0.05, 0) is 35.9 Å². The highest BCUT2D eigenvalue weighted by molar-refractivity contribution is 5.80. The summed E-state index contributed by atoms with van der Waals surface area (Å²) in [5, 5.41) is 2.84. The summed E-state index contributed by atoms with van der Waals surface area (Å²) < 4.78 is 10.7. The van der Waals surface area contributed by atoms with Gasteiger partial charge in [0.1, 0.15) is 0 Å². The lowest BCUT2D eigenvalue weighted by molar-refractivity contribution is -0.134. The second-order valence-electron chi connectivity index (χ2n) is 8.47. The van der Waals surface area contributed by atoms with E-state index in [-0.39, 0.29) is 23.7 Å². The maximum atomic E-state index is 13.4. The summed E-state index contributed by atoms with van der Waals surface area (Å²) in [5.74, 6) is 1.38. The van der Waals surface area contributed by atoms with Crippen LogP contribution in [0.15, 0.2) is 42.5 Å². The molecule has 2 amide bonds. The van der Waals surface area contributed by atoms with E-state index in [1.54, 1.807) is 19.1 Å². The van der Waals surface area contributed by atoms with Crippen molar-refractivity contribution in [1.82, 2.24) is 15.1 Å². The SMILES string of the molecule is COc1ccc(CN(C)C(=O)[C@H]2CN(C)C[C@@H]2c2cccc(CNC(C)=O)c2)cc1OC. The molecule has 7 nitrogen and oxygen atoms in total. The molecular weight excluding hydrogens is 406 g/mol. The Balaban J connectivity index is 1.75. The average Bonchev–Trinajstić information content (AvgIpc) is 3.18. The number of nitrogens with one attached hydrogen (secondary N) is 1. The number of ether oxygens (including phenoxy) is 2. The predicted octanol–water partition coefficient (Wildman–Crippen LogP) is 2.64. The van der Waals surface area contributed by atoms with Crippen molar-refractivity contribution in [3.05, 3.63) is 59.2 Å². The van der Waals surface area contributed by atoms with Gasteiger partial charge in [0.2, 0.25) is 11.8 Å². The van der Waals surface area contributed by atoms with Crippen LogP contribution in [-0.2, 0) is 22.7 Å². The lowest BCUT2D eigenvalue weighted by Gasteiger charge is -2.25. The second-order valence-corrected chi connectivity index (χ2v) is 8.47. The number of likely N-dealkylation sites (tertiary alicyclic amines) is 1. The van der Waals surface area contributed by atoms with Crippen LogP contribution in [0, 0.1) is 5.92 Å². The average molecular weight is 440 g/mol. The van der Waals surface area contributed by atoms with Gasteiger partial charge in [-0.1, -0.05) is 30.3 Å². The zero-order valence-corrected chi connectivity index (χ0v) is 19.6. The molecule has 1 aliphatic rings. The maximum absolute atomic E-state index is 13.4. The Labute approximate surface area is 190 Å². The maximum Gasteiger partial charge on any atom is 0.227 e. The van der Waals surface area contributed by atoms with Crippen LogP contribution in [0.5, 0.6) is 11.5 Å². The molecule has 2 aromatic rings. The van der Waals surface area contributed by atoms with Crippen LogP contribution in [-0.4, -0.2) is 63.0 Å². The largest absolute Gasteiger partial charge is 0.493 e. The van der Waals surface area contributed by atoms with Gasteiger partial charge in [0.05, 0.1) is 20.1 Å². The van der Waals surface area contributed by atoms with Crippen molar-refractivity contribution >= 4 is 11.8 Å². The quantitative estimate of drug-likeness (QED) is 0.685. The van der Waals surface area contributed by atoms with Crippen LogP contribution in [0.3, 0.4) is 0 Å². The van der Waals surface area contributed by atoms with Gasteiger partial charge in [-0.25, -0.2) is 0 Å². The molecule has 0 bridgehead atoms. The number of hydrogen-bond acceptors (Lipinski definition) is 5. The fraction of sp³-hybridized carbons (Fsp3) is 0.440. The van der Waals surface area contributed by atoms with Crippen molar-refractivity contribution in [2.24, 2.45) is 5.92 Å². The topological polar surface area (TPSA) is 71.1 Å². The molecular formula is C25H33N3O4. The third-order valence-corrected chi connectivity index (χ3v) is 5.98. The zero-order chi connectivity index (χ0) is 23.3. The van der Waals surface area contributed by atoms with Crippen LogP contribution < -0.4 is 14.8 Å². The monoisotopic (exact) mass is 439 g/mol. The van der Waals surface area contributed by atoms with Gasteiger partial charge in [-0.2, -0.15) is 0 Å². The van der Waals surface area contributed by atoms with Gasteiger partial charge in [0.15, 0.2) is 11.5 Å². The Kier molecular flexibility index (Phi) is 7.75. The fourth-order valence-electron chi connectivity index (χ4n) is 4.36. The molecule has 2 atom stereocenters. The second kappa shape index (κ2) is 10.5. The highest BCUT2D eigenvalue weighted by atomic mass is 16.5. The first-order chi connectivity index (χ1) is 15.3. The van der Waals surface area contributed by atoms with E-state index in [2.05, 4.69) is 29.4 Å². The first-order valence-corrected chi connectivity index (χ1v) is 10.8. The number of amides is 2. The molecule has 1 heterocycles. The minimum Gasteiger partial charge on any atom is -0.493 e. The van der Waals surface area contributed by atoms with Gasteiger partial charge in [0.25, 0.3) is 0 Å². The van der Waals surface area contributed by atoms with Crippen molar-refractivity contribution < 1.29 is 19.1 Å². The summed E-state index contributed by atoms with van der Waals surface area (Å²) in [6.07, 6.45) is 0. The Hall–Kier alpha value is -3.06. The van der Waals surface area contributed by atoms with Crippen molar-refractivity contribution in [3.8, 4) is 11.5 Å². The number of rotatable bonds is 8. The molecule has 0 spiro atoms. The number of carbonyl (C=O) groups excluding carboxylic acids is 2. The molecule has 0 saturated carbocycles. The minimum atomic E-state index is -0.124. The van der Waals surface area contributed by atoms with Crippen LogP contribution >= 0.6 is 0 Å². The minimum absolute atomic E-state index is 0.0548. The Morgan fingerprint density at radius 3 is 2.50 bits per heavy atom. The smallest absolute Gasteiger partial charge is 0.227 e. The lowest BCUT2D eigenvalue weighted by Crippen LogP contribution is -2.35. The molecule has 172 valence electrons. The summed E-state index contributed by atoms with van der Waals surface area (Å²) in [5.41, 5.74) is 3.16. The summed E-state index contributed by atoms with van der Waals surface area (Å²) in [6.45, 7) is 4.04. The Morgan fingerprint density at radius 1 is 1.06 bits per heavy atom. The molecule has 2 aromatic carbocycles. The lowest BCUT2D eigenvalue weighted by atomic mass is 9.87. The molecule has 7 heteroatoms. The van der Waals surface area contributed by atoms with Crippen molar-refractivity contribution in [2.45, 2.75) is 25.9 Å². The Morgan fingerprint density at radius 2 is 1.81 bits per heavy atom. The van der Waals surface area contributed by atoms with E-state index >= 15 is 0 Å². The van der Waals surface area contributed by atoms with E-state index in [1.807, 2.05) is 37.4 Å². The van der Waals surface area contributed by atoms with E-state index in [0.29, 0.717) is 24.6 Å². The molecule has 32 heavy (non-hydrogen) atoms. The number of likely N-dealkylation sites (N-methyl/N-ethyl adjacent to an activating group) is 1. The van der Waals surface area contributed by atoms with Gasteiger partial charge in [-0.15, -0.1) is 0 Å². The van der Waals surface area contributed by atoms with Crippen molar-refractivity contribution in [1.29, 1.82) is 0 Å². The number of benzene rings is 2. The van der Waals surface area contributed by atoms with Gasteiger partial charge in [0, 0.05) is 46.1 Å². The van der Waals surface area contributed by atoms with Crippen molar-refractivity contribution in [3.63, 3.8) is 0 Å². The summed E-state index contributed by atoms with van der Waals surface area (Å²) in [4.78, 5) is 28.7. The summed E-state index contributed by atoms with van der Waals surface area (Å²) >= 11 is 0. The van der Waals surface area contributed by atoms with Crippen LogP contribution in [0.4, 0.5) is 0 Å². The first-order valence-electron chi connectivity index (χ1n) is 10.8. The summed E-state index contributed by atoms with van der Waals surface area (Å²) in [7, 11) is 7.11. The standard InChI is InChI=1S/C25H33N3O4/c1-17(29)26-13-18-7-6-8-20(11-18)21-15-27(2)16-22(21)25(30)28(3)14-19-9-10-23(31-4)24(12-19)32-5/h6-12,21-22H,13-16H2,1-5H3,(H,26,29)/t21-,22+/m1/s1. The van der Waals surface area contributed by atoms with Gasteiger partial charge >= 0.3 is 0 Å². The molecule has 0 radical (unpaired) electrons. The molecule has 3 rings (SSSR count). The molecule has 1 saturated heterocycles. The third kappa shape index (κ3) is 5.59. The number of hydrogen-bond donors (Lipinski definition) is 1. The van der Waals surface area contributed by atoms with E-state index < -0.39 is 0 Å². The fourth-order valence-corrected chi connectivity index (χ4v) is 4.36. The highest BCUT2D eigenvalue weighted by Crippen LogP contribution is 2.34. The summed E-state index contributed by atoms with van der Waals surface area (Å²) in [6, 6.07) is 13.9.